The van der Waals surface area contributed by atoms with Crippen LogP contribution in [0.25, 0.3) is 0 Å². The number of amides is 1. The van der Waals surface area contributed by atoms with Crippen LogP contribution in [0, 0.1) is 6.92 Å². The number of methoxy groups -OCH3 is 1. The summed E-state index contributed by atoms with van der Waals surface area (Å²) in [5.41, 5.74) is 5.30. The van der Waals surface area contributed by atoms with E-state index in [0.717, 1.165) is 31.7 Å². The summed E-state index contributed by atoms with van der Waals surface area (Å²) in [4.78, 5) is 22.5. The van der Waals surface area contributed by atoms with Gasteiger partial charge < -0.3 is 20.7 Å². The predicted octanol–water partition coefficient (Wildman–Crippen LogP) is 0.883. The highest BCUT2D eigenvalue weighted by Crippen LogP contribution is 2.22. The maximum atomic E-state index is 12.5. The standard InChI is InChI=1S/C19H26N6O4S/c1-13-23-17(12-18(24-13)25-9-3-4-10-25)21-7-8-22-30(27,28)14-5-6-16(29-2)15(11-14)19(20)26/h5-6,11-12,22H,3-4,7-10H2,1-2H3,(H2,20,26)(H,21,23,24). The fraction of sp³-hybridized carbons (Fsp3) is 0.421. The van der Waals surface area contributed by atoms with Crippen LogP contribution in [0.15, 0.2) is 29.2 Å². The third-order valence-electron chi connectivity index (χ3n) is 4.72. The van der Waals surface area contributed by atoms with Gasteiger partial charge in [0.2, 0.25) is 10.0 Å². The van der Waals surface area contributed by atoms with E-state index in [-0.39, 0.29) is 22.8 Å². The number of nitrogens with zero attached hydrogens (tertiary/aromatic N) is 3. The molecule has 0 atom stereocenters. The van der Waals surface area contributed by atoms with Gasteiger partial charge in [-0.25, -0.2) is 23.1 Å². The molecule has 1 saturated heterocycles. The van der Waals surface area contributed by atoms with E-state index in [1.807, 2.05) is 13.0 Å². The van der Waals surface area contributed by atoms with Gasteiger partial charge in [0.1, 0.15) is 23.2 Å². The molecule has 1 aromatic heterocycles. The number of carbonyl (C=O) groups is 1. The molecule has 0 bridgehead atoms. The fourth-order valence-electron chi connectivity index (χ4n) is 3.26. The summed E-state index contributed by atoms with van der Waals surface area (Å²) in [6.45, 7) is 4.24. The Balaban J connectivity index is 1.61. The van der Waals surface area contributed by atoms with Crippen LogP contribution in [0.5, 0.6) is 5.75 Å². The quantitative estimate of drug-likeness (QED) is 0.494. The number of nitrogens with two attached hydrogens (primary N) is 1. The number of anilines is 2. The highest BCUT2D eigenvalue weighted by molar-refractivity contribution is 7.89. The molecule has 1 aliphatic rings. The minimum atomic E-state index is -3.82. The summed E-state index contributed by atoms with van der Waals surface area (Å²) in [6.07, 6.45) is 2.30. The Morgan fingerprint density at radius 1 is 1.20 bits per heavy atom. The van der Waals surface area contributed by atoms with Crippen molar-refractivity contribution in [2.45, 2.75) is 24.7 Å². The second kappa shape index (κ2) is 9.26. The molecule has 4 N–H and O–H groups in total. The number of carbonyl (C=O) groups excluding carboxylic acids is 1. The minimum absolute atomic E-state index is 0.00408. The normalized spacial score (nSPS) is 14.0. The van der Waals surface area contributed by atoms with Gasteiger partial charge >= 0.3 is 0 Å². The highest BCUT2D eigenvalue weighted by Gasteiger charge is 2.19. The van der Waals surface area contributed by atoms with Gasteiger partial charge in [0.05, 0.1) is 17.6 Å². The molecular formula is C19H26N6O4S. The van der Waals surface area contributed by atoms with E-state index in [4.69, 9.17) is 10.5 Å². The number of aromatic nitrogens is 2. The summed E-state index contributed by atoms with van der Waals surface area (Å²) >= 11 is 0. The van der Waals surface area contributed by atoms with E-state index >= 15 is 0 Å². The molecule has 0 spiro atoms. The second-order valence-electron chi connectivity index (χ2n) is 6.90. The van der Waals surface area contributed by atoms with Gasteiger partial charge in [-0.1, -0.05) is 0 Å². The van der Waals surface area contributed by atoms with Gasteiger partial charge in [-0.2, -0.15) is 0 Å². The van der Waals surface area contributed by atoms with E-state index in [0.29, 0.717) is 18.2 Å². The highest BCUT2D eigenvalue weighted by atomic mass is 32.2. The molecule has 11 heteroatoms. The molecular weight excluding hydrogens is 408 g/mol. The van der Waals surface area contributed by atoms with Gasteiger partial charge in [-0.15, -0.1) is 0 Å². The molecule has 1 amide bonds. The molecule has 30 heavy (non-hydrogen) atoms. The largest absolute Gasteiger partial charge is 0.496 e. The molecule has 0 radical (unpaired) electrons. The van der Waals surface area contributed by atoms with Crippen LogP contribution in [0.3, 0.4) is 0 Å². The number of nitrogens with one attached hydrogen (secondary N) is 2. The number of aryl methyl sites for hydroxylation is 1. The molecule has 0 saturated carbocycles. The number of hydrogen-bond donors (Lipinski definition) is 3. The number of hydrogen-bond acceptors (Lipinski definition) is 8. The number of primary amides is 1. The van der Waals surface area contributed by atoms with Crippen LogP contribution in [-0.2, 0) is 10.0 Å². The summed E-state index contributed by atoms with van der Waals surface area (Å²) in [6, 6.07) is 5.83. The lowest BCUT2D eigenvalue weighted by Crippen LogP contribution is -2.29. The molecule has 1 aliphatic heterocycles. The van der Waals surface area contributed by atoms with Crippen molar-refractivity contribution in [3.8, 4) is 5.75 Å². The summed E-state index contributed by atoms with van der Waals surface area (Å²) in [5.74, 6) is 1.62. The zero-order valence-corrected chi connectivity index (χ0v) is 17.8. The fourth-order valence-corrected chi connectivity index (χ4v) is 4.31. The van der Waals surface area contributed by atoms with Crippen LogP contribution in [0.4, 0.5) is 11.6 Å². The van der Waals surface area contributed by atoms with Crippen LogP contribution in [0.2, 0.25) is 0 Å². The molecule has 0 unspecified atom stereocenters. The van der Waals surface area contributed by atoms with Gasteiger partial charge in [0.25, 0.3) is 5.91 Å². The van der Waals surface area contributed by atoms with Gasteiger partial charge in [0.15, 0.2) is 0 Å². The zero-order valence-electron chi connectivity index (χ0n) is 17.0. The topological polar surface area (TPSA) is 140 Å². The summed E-state index contributed by atoms with van der Waals surface area (Å²) in [5, 5.41) is 3.12. The lowest BCUT2D eigenvalue weighted by molar-refractivity contribution is 0.0997. The second-order valence-corrected chi connectivity index (χ2v) is 8.67. The Morgan fingerprint density at radius 3 is 2.60 bits per heavy atom. The number of ether oxygens (including phenoxy) is 1. The molecule has 10 nitrogen and oxygen atoms in total. The van der Waals surface area contributed by atoms with Crippen molar-refractivity contribution in [1.82, 2.24) is 14.7 Å². The van der Waals surface area contributed by atoms with Gasteiger partial charge in [-0.05, 0) is 38.0 Å². The monoisotopic (exact) mass is 434 g/mol. The maximum Gasteiger partial charge on any atom is 0.252 e. The lowest BCUT2D eigenvalue weighted by Gasteiger charge is -2.18. The van der Waals surface area contributed by atoms with E-state index in [9.17, 15) is 13.2 Å². The zero-order chi connectivity index (χ0) is 21.7. The van der Waals surface area contributed by atoms with Crippen molar-refractivity contribution in [2.24, 2.45) is 5.73 Å². The van der Waals surface area contributed by atoms with E-state index in [2.05, 4.69) is 24.9 Å². The molecule has 1 aromatic carbocycles. The van der Waals surface area contributed by atoms with Crippen molar-refractivity contribution in [3.05, 3.63) is 35.7 Å². The molecule has 3 rings (SSSR count). The third kappa shape index (κ3) is 5.16. The Hall–Kier alpha value is -2.92. The first kappa shape index (κ1) is 21.8. The average Bonchev–Trinajstić information content (AvgIpc) is 3.25. The Kier molecular flexibility index (Phi) is 6.73. The smallest absolute Gasteiger partial charge is 0.252 e. The van der Waals surface area contributed by atoms with Crippen molar-refractivity contribution < 1.29 is 17.9 Å². The lowest BCUT2D eigenvalue weighted by atomic mass is 10.2. The summed E-state index contributed by atoms with van der Waals surface area (Å²) in [7, 11) is -2.44. The van der Waals surface area contributed by atoms with Crippen LogP contribution >= 0.6 is 0 Å². The van der Waals surface area contributed by atoms with Crippen molar-refractivity contribution in [2.75, 3.05) is 43.5 Å². The summed E-state index contributed by atoms with van der Waals surface area (Å²) < 4.78 is 32.6. The molecule has 162 valence electrons. The SMILES string of the molecule is COc1ccc(S(=O)(=O)NCCNc2cc(N3CCCC3)nc(C)n2)cc1C(N)=O. The van der Waals surface area contributed by atoms with Crippen LogP contribution in [-0.4, -0.2) is 57.6 Å². The molecule has 1 fully saturated rings. The molecule has 2 heterocycles. The number of benzene rings is 1. The minimum Gasteiger partial charge on any atom is -0.496 e. The Bertz CT molecular complexity index is 1020. The third-order valence-corrected chi connectivity index (χ3v) is 6.18. The van der Waals surface area contributed by atoms with Crippen molar-refractivity contribution in [1.29, 1.82) is 0 Å². The first-order chi connectivity index (χ1) is 14.3. The molecule has 2 aromatic rings. The van der Waals surface area contributed by atoms with E-state index < -0.39 is 15.9 Å². The molecule has 0 aliphatic carbocycles. The number of sulfonamides is 1. The van der Waals surface area contributed by atoms with Crippen LogP contribution in [0.1, 0.15) is 29.0 Å². The Morgan fingerprint density at radius 2 is 1.93 bits per heavy atom. The van der Waals surface area contributed by atoms with Crippen LogP contribution < -0.4 is 25.4 Å². The average molecular weight is 435 g/mol. The van der Waals surface area contributed by atoms with E-state index in [1.165, 1.54) is 25.3 Å². The maximum absolute atomic E-state index is 12.5. The van der Waals surface area contributed by atoms with Crippen molar-refractivity contribution in [3.63, 3.8) is 0 Å². The van der Waals surface area contributed by atoms with Gasteiger partial charge in [-0.3, -0.25) is 4.79 Å². The van der Waals surface area contributed by atoms with Gasteiger partial charge in [0, 0.05) is 32.2 Å². The predicted molar refractivity (Wildman–Crippen MR) is 113 cm³/mol. The van der Waals surface area contributed by atoms with E-state index in [1.54, 1.807) is 0 Å². The first-order valence-electron chi connectivity index (χ1n) is 9.62. The number of rotatable bonds is 9. The van der Waals surface area contributed by atoms with Crippen molar-refractivity contribution >= 4 is 27.6 Å². The Labute approximate surface area is 175 Å². The first-order valence-corrected chi connectivity index (χ1v) is 11.1.